The number of hydrogen-bond donors (Lipinski definition) is 2. The number of esters is 1. The van der Waals surface area contributed by atoms with E-state index in [1.165, 1.54) is 0 Å². The first-order valence-electron chi connectivity index (χ1n) is 8.17. The first kappa shape index (κ1) is 16.3. The van der Waals surface area contributed by atoms with Gasteiger partial charge in [0.25, 0.3) is 0 Å². The normalized spacial score (nSPS) is 10.8. The first-order chi connectivity index (χ1) is 12.7. The molecule has 0 saturated carbocycles. The van der Waals surface area contributed by atoms with E-state index < -0.39 is 0 Å². The van der Waals surface area contributed by atoms with Crippen molar-refractivity contribution >= 4 is 40.0 Å². The van der Waals surface area contributed by atoms with Gasteiger partial charge in [0.1, 0.15) is 5.01 Å². The lowest BCUT2D eigenvalue weighted by atomic mass is 10.2. The second-order valence-electron chi connectivity index (χ2n) is 5.58. The van der Waals surface area contributed by atoms with Crippen LogP contribution in [0.15, 0.2) is 54.0 Å². The highest BCUT2D eigenvalue weighted by Crippen LogP contribution is 2.26. The van der Waals surface area contributed by atoms with Gasteiger partial charge >= 0.3 is 5.97 Å². The van der Waals surface area contributed by atoms with Crippen LogP contribution in [0.4, 0.5) is 11.6 Å². The first-order valence-corrected chi connectivity index (χ1v) is 9.05. The Labute approximate surface area is 153 Å². The highest BCUT2D eigenvalue weighted by atomic mass is 32.1. The van der Waals surface area contributed by atoms with Crippen LogP contribution in [0.25, 0.3) is 21.6 Å². The standard InChI is InChI=1S/C19H16N4O2S/c1-2-25-18(24)12-3-6-14(7-4-12)21-19-22-15-8-5-13(11-16(15)23-19)17-20-9-10-26-17/h3-11H,2H2,1H3,(H2,21,22,23). The van der Waals surface area contributed by atoms with Gasteiger partial charge in [-0.25, -0.2) is 14.8 Å². The molecule has 0 radical (unpaired) electrons. The lowest BCUT2D eigenvalue weighted by Gasteiger charge is -2.04. The largest absolute Gasteiger partial charge is 0.462 e. The van der Waals surface area contributed by atoms with Crippen molar-refractivity contribution in [3.63, 3.8) is 0 Å². The molecule has 0 bridgehead atoms. The van der Waals surface area contributed by atoms with Gasteiger partial charge in [-0.15, -0.1) is 11.3 Å². The molecule has 0 aliphatic rings. The molecule has 0 amide bonds. The Morgan fingerprint density at radius 1 is 1.23 bits per heavy atom. The fourth-order valence-corrected chi connectivity index (χ4v) is 3.24. The Kier molecular flexibility index (Phi) is 4.37. The van der Waals surface area contributed by atoms with Gasteiger partial charge in [-0.2, -0.15) is 0 Å². The van der Waals surface area contributed by atoms with Gasteiger partial charge in [-0.3, -0.25) is 0 Å². The number of aromatic amines is 1. The maximum absolute atomic E-state index is 11.7. The van der Waals surface area contributed by atoms with Gasteiger partial charge < -0.3 is 15.0 Å². The number of carbonyl (C=O) groups excluding carboxylic acids is 1. The molecule has 2 aromatic carbocycles. The predicted octanol–water partition coefficient (Wildman–Crippen LogP) is 4.61. The monoisotopic (exact) mass is 364 g/mol. The molecule has 0 unspecified atom stereocenters. The minimum atomic E-state index is -0.322. The van der Waals surface area contributed by atoms with Crippen molar-refractivity contribution < 1.29 is 9.53 Å². The van der Waals surface area contributed by atoms with Crippen LogP contribution in [0.1, 0.15) is 17.3 Å². The molecule has 0 saturated heterocycles. The van der Waals surface area contributed by atoms with Crippen molar-refractivity contribution in [1.29, 1.82) is 0 Å². The third-order valence-electron chi connectivity index (χ3n) is 3.82. The fourth-order valence-electron chi connectivity index (χ4n) is 2.61. The minimum Gasteiger partial charge on any atom is -0.462 e. The Morgan fingerprint density at radius 2 is 2.08 bits per heavy atom. The second-order valence-corrected chi connectivity index (χ2v) is 6.47. The van der Waals surface area contributed by atoms with Gasteiger partial charge in [-0.1, -0.05) is 0 Å². The number of hydrogen-bond acceptors (Lipinski definition) is 6. The molecule has 2 aromatic heterocycles. The van der Waals surface area contributed by atoms with Gasteiger partial charge in [0.05, 0.1) is 23.2 Å². The zero-order chi connectivity index (χ0) is 17.9. The minimum absolute atomic E-state index is 0.322. The molecule has 4 rings (SSSR count). The molecule has 0 atom stereocenters. The number of thiazole rings is 1. The zero-order valence-electron chi connectivity index (χ0n) is 14.0. The van der Waals surface area contributed by atoms with Crippen molar-refractivity contribution in [1.82, 2.24) is 15.0 Å². The average Bonchev–Trinajstić information content (AvgIpc) is 3.31. The van der Waals surface area contributed by atoms with E-state index >= 15 is 0 Å². The van der Waals surface area contributed by atoms with Crippen molar-refractivity contribution in [3.8, 4) is 10.6 Å². The van der Waals surface area contributed by atoms with E-state index in [2.05, 4.69) is 20.3 Å². The van der Waals surface area contributed by atoms with Crippen LogP contribution < -0.4 is 5.32 Å². The van der Waals surface area contributed by atoms with Crippen LogP contribution in [0, 0.1) is 0 Å². The number of nitrogens with one attached hydrogen (secondary N) is 2. The number of rotatable bonds is 5. The number of H-pyrrole nitrogens is 1. The van der Waals surface area contributed by atoms with E-state index in [-0.39, 0.29) is 5.97 Å². The number of nitrogens with zero attached hydrogens (tertiary/aromatic N) is 2. The van der Waals surface area contributed by atoms with Crippen LogP contribution in [0.2, 0.25) is 0 Å². The van der Waals surface area contributed by atoms with Gasteiger partial charge in [0, 0.05) is 22.8 Å². The number of imidazole rings is 1. The van der Waals surface area contributed by atoms with Gasteiger partial charge in [-0.05, 0) is 49.4 Å². The Morgan fingerprint density at radius 3 is 2.81 bits per heavy atom. The predicted molar refractivity (Wildman–Crippen MR) is 103 cm³/mol. The van der Waals surface area contributed by atoms with Gasteiger partial charge in [0.15, 0.2) is 0 Å². The summed E-state index contributed by atoms with van der Waals surface area (Å²) in [5.74, 6) is 0.317. The molecule has 130 valence electrons. The van der Waals surface area contributed by atoms with Crippen molar-refractivity contribution in [2.75, 3.05) is 11.9 Å². The summed E-state index contributed by atoms with van der Waals surface area (Å²) in [6, 6.07) is 13.1. The zero-order valence-corrected chi connectivity index (χ0v) is 14.8. The number of aromatic nitrogens is 3. The molecule has 0 aliphatic carbocycles. The van der Waals surface area contributed by atoms with E-state index in [1.807, 2.05) is 35.7 Å². The molecule has 7 heteroatoms. The second kappa shape index (κ2) is 6.97. The average molecular weight is 364 g/mol. The highest BCUT2D eigenvalue weighted by Gasteiger charge is 2.08. The summed E-state index contributed by atoms with van der Waals surface area (Å²) >= 11 is 1.60. The molecule has 26 heavy (non-hydrogen) atoms. The topological polar surface area (TPSA) is 79.9 Å². The van der Waals surface area contributed by atoms with Crippen molar-refractivity contribution in [2.45, 2.75) is 6.92 Å². The van der Waals surface area contributed by atoms with E-state index in [0.29, 0.717) is 18.1 Å². The smallest absolute Gasteiger partial charge is 0.338 e. The van der Waals surface area contributed by atoms with Crippen LogP contribution in [-0.2, 0) is 4.74 Å². The lowest BCUT2D eigenvalue weighted by molar-refractivity contribution is 0.0526. The SMILES string of the molecule is CCOC(=O)c1ccc(Nc2nc3ccc(-c4nccs4)cc3[nH]2)cc1. The fraction of sp³-hybridized carbons (Fsp3) is 0.105. The maximum Gasteiger partial charge on any atom is 0.338 e. The molecule has 0 aliphatic heterocycles. The summed E-state index contributed by atoms with van der Waals surface area (Å²) in [6.07, 6.45) is 1.80. The molecule has 0 fully saturated rings. The number of fused-ring (bicyclic) bond motifs is 1. The summed E-state index contributed by atoms with van der Waals surface area (Å²) in [6.45, 7) is 2.15. The molecule has 6 nitrogen and oxygen atoms in total. The molecule has 0 spiro atoms. The number of carbonyl (C=O) groups is 1. The number of ether oxygens (including phenoxy) is 1. The summed E-state index contributed by atoms with van der Waals surface area (Å²) < 4.78 is 4.99. The lowest BCUT2D eigenvalue weighted by Crippen LogP contribution is -2.04. The van der Waals surface area contributed by atoms with Crippen molar-refractivity contribution in [2.24, 2.45) is 0 Å². The number of anilines is 2. The molecule has 4 aromatic rings. The summed E-state index contributed by atoms with van der Waals surface area (Å²) in [4.78, 5) is 23.8. The Bertz CT molecular complexity index is 1040. The quantitative estimate of drug-likeness (QED) is 0.506. The molecule has 2 heterocycles. The van der Waals surface area contributed by atoms with E-state index in [4.69, 9.17) is 4.74 Å². The summed E-state index contributed by atoms with van der Waals surface area (Å²) in [7, 11) is 0. The van der Waals surface area contributed by atoms with Crippen molar-refractivity contribution in [3.05, 3.63) is 59.6 Å². The molecular formula is C19H16N4O2S. The molecular weight excluding hydrogens is 348 g/mol. The maximum atomic E-state index is 11.7. The summed E-state index contributed by atoms with van der Waals surface area (Å²) in [5.41, 5.74) is 4.22. The van der Waals surface area contributed by atoms with E-state index in [1.54, 1.807) is 36.6 Å². The van der Waals surface area contributed by atoms with E-state index in [0.717, 1.165) is 27.3 Å². The van der Waals surface area contributed by atoms with Crippen LogP contribution in [-0.4, -0.2) is 27.5 Å². The number of benzene rings is 2. The Balaban J connectivity index is 1.54. The third kappa shape index (κ3) is 3.29. The Hall–Kier alpha value is -3.19. The van der Waals surface area contributed by atoms with Crippen LogP contribution in [0.3, 0.4) is 0 Å². The van der Waals surface area contributed by atoms with Crippen LogP contribution in [0.5, 0.6) is 0 Å². The molecule has 2 N–H and O–H groups in total. The van der Waals surface area contributed by atoms with Gasteiger partial charge in [0.2, 0.25) is 5.95 Å². The third-order valence-corrected chi connectivity index (χ3v) is 4.64. The summed E-state index contributed by atoms with van der Waals surface area (Å²) in [5, 5.41) is 6.15. The highest BCUT2D eigenvalue weighted by molar-refractivity contribution is 7.13. The van der Waals surface area contributed by atoms with E-state index in [9.17, 15) is 4.79 Å². The van der Waals surface area contributed by atoms with Crippen LogP contribution >= 0.6 is 11.3 Å².